The van der Waals surface area contributed by atoms with Crippen molar-refractivity contribution in [2.24, 2.45) is 0 Å². The first-order chi connectivity index (χ1) is 6.38. The zero-order valence-corrected chi connectivity index (χ0v) is 7.40. The van der Waals surface area contributed by atoms with Gasteiger partial charge in [0.05, 0.1) is 6.07 Å². The molecule has 0 aliphatic heterocycles. The zero-order valence-electron chi connectivity index (χ0n) is 7.40. The number of nitriles is 1. The first-order valence-corrected chi connectivity index (χ1v) is 4.17. The Morgan fingerprint density at radius 2 is 2.15 bits per heavy atom. The first-order valence-electron chi connectivity index (χ1n) is 4.17. The van der Waals surface area contributed by atoms with E-state index in [0.717, 1.165) is 5.56 Å². The van der Waals surface area contributed by atoms with Gasteiger partial charge < -0.3 is 0 Å². The highest BCUT2D eigenvalue weighted by Gasteiger charge is 2.06. The van der Waals surface area contributed by atoms with Gasteiger partial charge in [-0.15, -0.1) is 6.58 Å². The third-order valence-electron chi connectivity index (χ3n) is 1.73. The van der Waals surface area contributed by atoms with Gasteiger partial charge in [-0.3, -0.25) is 5.32 Å². The molecule has 1 atom stereocenters. The van der Waals surface area contributed by atoms with Crippen molar-refractivity contribution in [1.82, 2.24) is 5.32 Å². The molecule has 0 fully saturated rings. The van der Waals surface area contributed by atoms with Crippen LogP contribution in [0.25, 0.3) is 0 Å². The molecule has 0 aromatic heterocycles. The van der Waals surface area contributed by atoms with Gasteiger partial charge in [0, 0.05) is 6.54 Å². The summed E-state index contributed by atoms with van der Waals surface area (Å²) >= 11 is 0. The molecule has 0 saturated carbocycles. The van der Waals surface area contributed by atoms with Gasteiger partial charge >= 0.3 is 0 Å². The van der Waals surface area contributed by atoms with E-state index in [2.05, 4.69) is 18.0 Å². The van der Waals surface area contributed by atoms with Crippen LogP contribution in [0.2, 0.25) is 0 Å². The van der Waals surface area contributed by atoms with E-state index in [1.54, 1.807) is 6.08 Å². The van der Waals surface area contributed by atoms with Crippen molar-refractivity contribution in [1.29, 1.82) is 5.26 Å². The number of nitrogens with zero attached hydrogens (tertiary/aromatic N) is 1. The summed E-state index contributed by atoms with van der Waals surface area (Å²) in [4.78, 5) is 0. The van der Waals surface area contributed by atoms with Gasteiger partial charge in [0.2, 0.25) is 0 Å². The minimum atomic E-state index is -0.237. The van der Waals surface area contributed by atoms with Gasteiger partial charge in [0.15, 0.2) is 0 Å². The summed E-state index contributed by atoms with van der Waals surface area (Å²) in [7, 11) is 0. The van der Waals surface area contributed by atoms with E-state index in [4.69, 9.17) is 5.26 Å². The molecule has 0 saturated heterocycles. The average molecular weight is 172 g/mol. The van der Waals surface area contributed by atoms with Crippen LogP contribution in [0.4, 0.5) is 0 Å². The molecule has 1 aromatic rings. The zero-order chi connectivity index (χ0) is 9.52. The van der Waals surface area contributed by atoms with E-state index >= 15 is 0 Å². The highest BCUT2D eigenvalue weighted by molar-refractivity contribution is 5.23. The lowest BCUT2D eigenvalue weighted by Gasteiger charge is -2.09. The molecule has 0 unspecified atom stereocenters. The average Bonchev–Trinajstić information content (AvgIpc) is 2.21. The smallest absolute Gasteiger partial charge is 0.121 e. The summed E-state index contributed by atoms with van der Waals surface area (Å²) < 4.78 is 0. The van der Waals surface area contributed by atoms with Gasteiger partial charge in [-0.2, -0.15) is 5.26 Å². The third kappa shape index (κ3) is 2.73. The second kappa shape index (κ2) is 5.13. The predicted octanol–water partition coefficient (Wildman–Crippen LogP) is 2.03. The largest absolute Gasteiger partial charge is 0.295 e. The fourth-order valence-electron chi connectivity index (χ4n) is 1.08. The van der Waals surface area contributed by atoms with Gasteiger partial charge in [-0.25, -0.2) is 0 Å². The molecule has 1 N–H and O–H groups in total. The van der Waals surface area contributed by atoms with Gasteiger partial charge in [-0.05, 0) is 5.56 Å². The maximum atomic E-state index is 8.86. The minimum absolute atomic E-state index is 0.237. The normalized spacial score (nSPS) is 11.6. The standard InChI is InChI=1S/C11H12N2/c1-2-8-13-11(9-12)10-6-4-3-5-7-10/h2-7,11,13H,1,8H2/t11-/m0/s1. The molecule has 0 aliphatic carbocycles. The van der Waals surface area contributed by atoms with Gasteiger partial charge in [0.1, 0.15) is 6.04 Å². The SMILES string of the molecule is C=CCN[C@@H](C#N)c1ccccc1. The molecule has 0 spiro atoms. The van der Waals surface area contributed by atoms with Crippen molar-refractivity contribution in [3.05, 3.63) is 48.6 Å². The van der Waals surface area contributed by atoms with Crippen molar-refractivity contribution in [3.63, 3.8) is 0 Å². The Balaban J connectivity index is 2.68. The summed E-state index contributed by atoms with van der Waals surface area (Å²) in [6, 6.07) is 11.6. The van der Waals surface area contributed by atoms with Gasteiger partial charge in [-0.1, -0.05) is 36.4 Å². The Labute approximate surface area is 78.5 Å². The van der Waals surface area contributed by atoms with E-state index in [-0.39, 0.29) is 6.04 Å². The van der Waals surface area contributed by atoms with Crippen LogP contribution in [0, 0.1) is 11.3 Å². The summed E-state index contributed by atoms with van der Waals surface area (Å²) in [6.45, 7) is 4.23. The predicted molar refractivity (Wildman–Crippen MR) is 53.0 cm³/mol. The van der Waals surface area contributed by atoms with E-state index in [1.807, 2.05) is 30.3 Å². The van der Waals surface area contributed by atoms with Crippen LogP contribution in [0.3, 0.4) is 0 Å². The molecule has 13 heavy (non-hydrogen) atoms. The Hall–Kier alpha value is -1.59. The number of nitrogens with one attached hydrogen (secondary N) is 1. The van der Waals surface area contributed by atoms with Crippen molar-refractivity contribution in [2.45, 2.75) is 6.04 Å². The van der Waals surface area contributed by atoms with Crippen LogP contribution in [-0.4, -0.2) is 6.54 Å². The number of benzene rings is 1. The molecule has 0 bridgehead atoms. The quantitative estimate of drug-likeness (QED) is 0.705. The van der Waals surface area contributed by atoms with E-state index < -0.39 is 0 Å². The lowest BCUT2D eigenvalue weighted by atomic mass is 10.1. The van der Waals surface area contributed by atoms with Crippen LogP contribution in [0.15, 0.2) is 43.0 Å². The maximum absolute atomic E-state index is 8.86. The molecule has 0 heterocycles. The Bertz CT molecular complexity index is 298. The van der Waals surface area contributed by atoms with Crippen molar-refractivity contribution >= 4 is 0 Å². The summed E-state index contributed by atoms with van der Waals surface area (Å²) in [5.74, 6) is 0. The summed E-state index contributed by atoms with van der Waals surface area (Å²) in [6.07, 6.45) is 1.74. The van der Waals surface area contributed by atoms with E-state index in [9.17, 15) is 0 Å². The fourth-order valence-corrected chi connectivity index (χ4v) is 1.08. The molecule has 2 nitrogen and oxygen atoms in total. The summed E-state index contributed by atoms with van der Waals surface area (Å²) in [5.41, 5.74) is 0.992. The third-order valence-corrected chi connectivity index (χ3v) is 1.73. The van der Waals surface area contributed by atoms with Crippen LogP contribution < -0.4 is 5.32 Å². The molecular weight excluding hydrogens is 160 g/mol. The topological polar surface area (TPSA) is 35.8 Å². The molecule has 1 aromatic carbocycles. The molecule has 2 heteroatoms. The Kier molecular flexibility index (Phi) is 3.74. The van der Waals surface area contributed by atoms with Crippen molar-refractivity contribution < 1.29 is 0 Å². The molecule has 66 valence electrons. The minimum Gasteiger partial charge on any atom is -0.295 e. The number of rotatable bonds is 4. The second-order valence-corrected chi connectivity index (χ2v) is 2.67. The van der Waals surface area contributed by atoms with Crippen molar-refractivity contribution in [2.75, 3.05) is 6.54 Å². The summed E-state index contributed by atoms with van der Waals surface area (Å²) in [5, 5.41) is 11.9. The fraction of sp³-hybridized carbons (Fsp3) is 0.182. The highest BCUT2D eigenvalue weighted by atomic mass is 14.9. The molecule has 0 amide bonds. The number of hydrogen-bond donors (Lipinski definition) is 1. The molecular formula is C11H12N2. The number of hydrogen-bond acceptors (Lipinski definition) is 2. The van der Waals surface area contributed by atoms with Gasteiger partial charge in [0.25, 0.3) is 0 Å². The van der Waals surface area contributed by atoms with Crippen LogP contribution in [-0.2, 0) is 0 Å². The second-order valence-electron chi connectivity index (χ2n) is 2.67. The maximum Gasteiger partial charge on any atom is 0.121 e. The van der Waals surface area contributed by atoms with Crippen LogP contribution in [0.1, 0.15) is 11.6 Å². The van der Waals surface area contributed by atoms with E-state index in [1.165, 1.54) is 0 Å². The first kappa shape index (κ1) is 9.50. The lowest BCUT2D eigenvalue weighted by molar-refractivity contribution is 0.683. The molecule has 0 radical (unpaired) electrons. The Morgan fingerprint density at radius 3 is 2.69 bits per heavy atom. The molecule has 0 aliphatic rings. The Morgan fingerprint density at radius 1 is 1.46 bits per heavy atom. The van der Waals surface area contributed by atoms with Crippen LogP contribution >= 0.6 is 0 Å². The van der Waals surface area contributed by atoms with Crippen LogP contribution in [0.5, 0.6) is 0 Å². The molecule has 1 rings (SSSR count). The monoisotopic (exact) mass is 172 g/mol. The highest BCUT2D eigenvalue weighted by Crippen LogP contribution is 2.10. The van der Waals surface area contributed by atoms with Crippen molar-refractivity contribution in [3.8, 4) is 6.07 Å². The van der Waals surface area contributed by atoms with E-state index in [0.29, 0.717) is 6.54 Å². The lowest BCUT2D eigenvalue weighted by Crippen LogP contribution is -2.19.